The molecule has 0 fully saturated rings. The first kappa shape index (κ1) is 26.4. The number of rotatable bonds is 7. The summed E-state index contributed by atoms with van der Waals surface area (Å²) in [4.78, 5) is 20.1. The Kier molecular flexibility index (Phi) is 9.93. The molecule has 1 amide bonds. The monoisotopic (exact) mass is 487 g/mol. The van der Waals surface area contributed by atoms with Gasteiger partial charge in [0.1, 0.15) is 5.01 Å². The number of benzene rings is 1. The van der Waals surface area contributed by atoms with Gasteiger partial charge < -0.3 is 0 Å². The number of nitrogens with zero attached hydrogens (tertiary/aromatic N) is 4. The molecule has 1 aliphatic heterocycles. The first-order valence-electron chi connectivity index (χ1n) is 10.7. The Morgan fingerprint density at radius 1 is 1.33 bits per heavy atom. The number of hydrogen-bond donors (Lipinski definition) is 1. The molecule has 1 atom stereocenters. The highest BCUT2D eigenvalue weighted by Crippen LogP contribution is 2.37. The molecule has 0 bridgehead atoms. The fourth-order valence-corrected chi connectivity index (χ4v) is 4.40. The molecular weight excluding hydrogens is 458 g/mol. The normalized spacial score (nSPS) is 15.6. The van der Waals surface area contributed by atoms with Gasteiger partial charge in [-0.25, -0.2) is 0 Å². The van der Waals surface area contributed by atoms with Crippen molar-refractivity contribution >= 4 is 46.6 Å². The van der Waals surface area contributed by atoms with Crippen LogP contribution in [0.15, 0.2) is 39.8 Å². The lowest BCUT2D eigenvalue weighted by atomic mass is 9.92. The van der Waals surface area contributed by atoms with Crippen LogP contribution in [0.2, 0.25) is 0 Å². The number of aromatic nitrogens is 2. The molecule has 2 heterocycles. The van der Waals surface area contributed by atoms with Crippen LogP contribution in [0.5, 0.6) is 0 Å². The smallest absolute Gasteiger partial charge is 0.283 e. The first-order chi connectivity index (χ1) is 15.7. The van der Waals surface area contributed by atoms with Crippen molar-refractivity contribution in [2.75, 3.05) is 0 Å². The second-order valence-corrected chi connectivity index (χ2v) is 9.29. The molecule has 3 rings (SSSR count). The van der Waals surface area contributed by atoms with Crippen LogP contribution in [0, 0.1) is 18.3 Å². The number of amides is 1. The van der Waals surface area contributed by atoms with Crippen LogP contribution >= 0.6 is 11.3 Å². The maximum Gasteiger partial charge on any atom is 0.335 e. The Hall–Kier alpha value is -2.85. The highest BCUT2D eigenvalue weighted by atomic mass is 32.1. The van der Waals surface area contributed by atoms with Gasteiger partial charge in [0.05, 0.1) is 5.69 Å². The van der Waals surface area contributed by atoms with Crippen LogP contribution in [-0.2, 0) is 22.8 Å². The second-order valence-electron chi connectivity index (χ2n) is 8.11. The van der Waals surface area contributed by atoms with E-state index >= 15 is 0 Å². The van der Waals surface area contributed by atoms with E-state index in [1.807, 2.05) is 13.8 Å². The number of aliphatic imine (C=N–C) groups is 1. The van der Waals surface area contributed by atoms with Gasteiger partial charge in [0.25, 0.3) is 0 Å². The van der Waals surface area contributed by atoms with Gasteiger partial charge >= 0.3 is 11.6 Å². The second kappa shape index (κ2) is 12.4. The van der Waals surface area contributed by atoms with E-state index in [4.69, 9.17) is 18.8 Å². The summed E-state index contributed by atoms with van der Waals surface area (Å²) in [5.41, 5.74) is 5.24. The lowest BCUT2D eigenvalue weighted by Gasteiger charge is -2.13. The van der Waals surface area contributed by atoms with Gasteiger partial charge in [0.2, 0.25) is 11.2 Å². The third kappa shape index (κ3) is 6.82. The molecule has 1 aromatic heterocycles. The zero-order chi connectivity index (χ0) is 24.5. The molecule has 33 heavy (non-hydrogen) atoms. The minimum absolute atomic E-state index is 0.0429. The average molecular weight is 488 g/mol. The standard InChI is InChI=1S/C23H29N5OS.O2S/c1-6-17(12-18-16(5)26-20-9-8-15(4)11-19(18)20)22(24)28-23(25-13-29)30-21(27-28)10-7-14(2)3;1-3-2/h8-9,11-14,18,24H,6-7,10H2,1-5H3;/b17-12+,24-22?,25-23?;. The zero-order valence-electron chi connectivity index (χ0n) is 19.5. The lowest BCUT2D eigenvalue weighted by molar-refractivity contribution is -0.107. The number of hydrogen-bond acceptors (Lipinski definition) is 7. The van der Waals surface area contributed by atoms with Crippen LogP contribution in [0.25, 0.3) is 0 Å². The summed E-state index contributed by atoms with van der Waals surface area (Å²) >= 11 is 0.628. The number of nitrogens with one attached hydrogen (secondary N) is 1. The van der Waals surface area contributed by atoms with Gasteiger partial charge in [-0.05, 0) is 49.8 Å². The summed E-state index contributed by atoms with van der Waals surface area (Å²) in [6.07, 6.45) is 5.13. The summed E-state index contributed by atoms with van der Waals surface area (Å²) in [6.45, 7) is 10.5. The van der Waals surface area contributed by atoms with Crippen LogP contribution in [0.1, 0.15) is 62.6 Å². The minimum Gasteiger partial charge on any atom is -0.283 e. The predicted molar refractivity (Wildman–Crippen MR) is 132 cm³/mol. The third-order valence-electron chi connectivity index (χ3n) is 5.23. The average Bonchev–Trinajstić information content (AvgIpc) is 3.31. The van der Waals surface area contributed by atoms with Gasteiger partial charge in [0, 0.05) is 18.1 Å². The number of aryl methyl sites for hydroxylation is 2. The Morgan fingerprint density at radius 3 is 2.64 bits per heavy atom. The maximum absolute atomic E-state index is 11.1. The Morgan fingerprint density at radius 2 is 2.03 bits per heavy atom. The predicted octanol–water partition coefficient (Wildman–Crippen LogP) is 4.28. The van der Waals surface area contributed by atoms with E-state index in [0.29, 0.717) is 23.6 Å². The van der Waals surface area contributed by atoms with Gasteiger partial charge in [-0.15, -0.1) is 0 Å². The molecule has 10 heteroatoms. The molecule has 0 saturated heterocycles. The van der Waals surface area contributed by atoms with Crippen molar-refractivity contribution in [1.29, 1.82) is 5.41 Å². The van der Waals surface area contributed by atoms with Crippen molar-refractivity contribution in [1.82, 2.24) is 9.78 Å². The number of allylic oxidation sites excluding steroid dienone is 2. The van der Waals surface area contributed by atoms with E-state index in [1.165, 1.54) is 27.1 Å². The zero-order valence-corrected chi connectivity index (χ0v) is 21.1. The van der Waals surface area contributed by atoms with Crippen LogP contribution < -0.4 is 4.80 Å². The summed E-state index contributed by atoms with van der Waals surface area (Å²) in [6, 6.07) is 6.29. The van der Waals surface area contributed by atoms with E-state index in [2.05, 4.69) is 55.1 Å². The van der Waals surface area contributed by atoms with Crippen molar-refractivity contribution in [3.63, 3.8) is 0 Å². The molecule has 0 aliphatic carbocycles. The van der Waals surface area contributed by atoms with Crippen molar-refractivity contribution in [3.8, 4) is 0 Å². The van der Waals surface area contributed by atoms with Crippen LogP contribution in [0.3, 0.4) is 0 Å². The summed E-state index contributed by atoms with van der Waals surface area (Å²) in [5, 5.41) is 14.3. The molecule has 0 spiro atoms. The van der Waals surface area contributed by atoms with Crippen molar-refractivity contribution in [2.45, 2.75) is 59.8 Å². The van der Waals surface area contributed by atoms with Crippen LogP contribution in [0.4, 0.5) is 5.69 Å². The largest absolute Gasteiger partial charge is 0.335 e. The minimum atomic E-state index is -0.750. The lowest BCUT2D eigenvalue weighted by Crippen LogP contribution is -2.26. The maximum atomic E-state index is 11.1. The van der Waals surface area contributed by atoms with Crippen molar-refractivity contribution in [3.05, 3.63) is 50.8 Å². The molecule has 1 unspecified atom stereocenters. The molecule has 2 aromatic rings. The SMILES string of the molecule is CC/C(=C\C1C(C)=Nc2ccc(C)cc21)C(=N)n1nc(CCC(C)C)sc1=NC=O.O=S=O. The Labute approximate surface area is 201 Å². The highest BCUT2D eigenvalue weighted by Gasteiger charge is 2.24. The van der Waals surface area contributed by atoms with Gasteiger partial charge in [-0.2, -0.15) is 23.2 Å². The molecule has 0 radical (unpaired) electrons. The third-order valence-corrected chi connectivity index (χ3v) is 6.21. The Balaban J connectivity index is 0.00000122. The molecule has 8 nitrogen and oxygen atoms in total. The summed E-state index contributed by atoms with van der Waals surface area (Å²) in [5.74, 6) is 0.868. The first-order valence-corrected chi connectivity index (χ1v) is 12.2. The fraction of sp³-hybridized carbons (Fsp3) is 0.435. The van der Waals surface area contributed by atoms with E-state index in [1.54, 1.807) is 0 Å². The van der Waals surface area contributed by atoms with Gasteiger partial charge in [-0.3, -0.25) is 15.2 Å². The molecule has 1 aliphatic rings. The molecule has 1 aromatic carbocycles. The van der Waals surface area contributed by atoms with Gasteiger partial charge in [0.15, 0.2) is 5.84 Å². The van der Waals surface area contributed by atoms with E-state index < -0.39 is 11.6 Å². The fourth-order valence-electron chi connectivity index (χ4n) is 3.53. The summed E-state index contributed by atoms with van der Waals surface area (Å²) in [7, 11) is 0. The van der Waals surface area contributed by atoms with Crippen LogP contribution in [-0.4, -0.2) is 36.2 Å². The summed E-state index contributed by atoms with van der Waals surface area (Å²) < 4.78 is 18.1. The molecular formula is C23H29N5O3S2. The highest BCUT2D eigenvalue weighted by molar-refractivity contribution is 7.51. The number of carbonyl (C=O) groups excluding carboxylic acids is 1. The topological polar surface area (TPSA) is 118 Å². The van der Waals surface area contributed by atoms with Crippen molar-refractivity contribution < 1.29 is 13.2 Å². The quantitative estimate of drug-likeness (QED) is 0.356. The number of fused-ring (bicyclic) bond motifs is 1. The van der Waals surface area contributed by atoms with Gasteiger partial charge in [-0.1, -0.05) is 55.9 Å². The molecule has 1 N–H and O–H groups in total. The Bertz CT molecular complexity index is 1180. The van der Waals surface area contributed by atoms with Crippen molar-refractivity contribution in [2.24, 2.45) is 15.9 Å². The molecule has 176 valence electrons. The van der Waals surface area contributed by atoms with E-state index in [-0.39, 0.29) is 11.8 Å². The van der Waals surface area contributed by atoms with E-state index in [9.17, 15) is 4.79 Å². The molecule has 0 saturated carbocycles. The van der Waals surface area contributed by atoms with E-state index in [0.717, 1.165) is 34.8 Å². The number of carbonyl (C=O) groups is 1.